The number of hydrogen-bond donors (Lipinski definition) is 0. The van der Waals surface area contributed by atoms with Crippen LogP contribution < -0.4 is 0 Å². The average molecular weight is 533 g/mol. The molecule has 2 aliphatic heterocycles. The number of carbonyl (C=O) groups excluding carboxylic acids is 1. The van der Waals surface area contributed by atoms with Crippen molar-refractivity contribution >= 4 is 34.5 Å². The zero-order valence-electron chi connectivity index (χ0n) is 23.9. The fourth-order valence-corrected chi connectivity index (χ4v) is 6.16. The summed E-state index contributed by atoms with van der Waals surface area (Å²) in [6.07, 6.45) is 9.20. The third-order valence-electron chi connectivity index (χ3n) is 7.94. The van der Waals surface area contributed by atoms with Crippen molar-refractivity contribution in [1.82, 2.24) is 4.90 Å². The van der Waals surface area contributed by atoms with E-state index in [0.29, 0.717) is 29.9 Å². The van der Waals surface area contributed by atoms with Crippen molar-refractivity contribution in [3.63, 3.8) is 0 Å². The highest BCUT2D eigenvalue weighted by atomic mass is 32.1. The maximum atomic E-state index is 14.3. The quantitative estimate of drug-likeness (QED) is 0.244. The molecule has 5 heteroatoms. The lowest BCUT2D eigenvalue weighted by molar-refractivity contribution is -0.123. The number of ether oxygens (including phenoxy) is 1. The van der Waals surface area contributed by atoms with Crippen LogP contribution in [0.1, 0.15) is 95.1 Å². The normalized spacial score (nSPS) is 16.8. The summed E-state index contributed by atoms with van der Waals surface area (Å²) in [5.41, 5.74) is 5.49. The Morgan fingerprint density at radius 1 is 0.921 bits per heavy atom. The van der Waals surface area contributed by atoms with Gasteiger partial charge in [-0.1, -0.05) is 102 Å². The van der Waals surface area contributed by atoms with E-state index in [-0.39, 0.29) is 5.91 Å². The summed E-state index contributed by atoms with van der Waals surface area (Å²) in [6, 6.07) is 12.5. The first-order chi connectivity index (χ1) is 18.5. The lowest BCUT2D eigenvalue weighted by Crippen LogP contribution is -2.31. The smallest absolute Gasteiger partial charge is 0.261 e. The molecular weight excluding hydrogens is 488 g/mol. The van der Waals surface area contributed by atoms with Crippen LogP contribution in [0.5, 0.6) is 0 Å². The van der Waals surface area contributed by atoms with E-state index in [4.69, 9.17) is 9.73 Å². The molecule has 0 saturated carbocycles. The summed E-state index contributed by atoms with van der Waals surface area (Å²) in [6.45, 7) is 12.4. The number of thiophene rings is 1. The van der Waals surface area contributed by atoms with Gasteiger partial charge < -0.3 is 9.64 Å². The van der Waals surface area contributed by atoms with Gasteiger partial charge in [0.2, 0.25) is 5.90 Å². The second-order valence-electron chi connectivity index (χ2n) is 10.8. The maximum absolute atomic E-state index is 14.3. The molecule has 0 fully saturated rings. The monoisotopic (exact) mass is 532 g/mol. The molecule has 0 N–H and O–H groups in total. The van der Waals surface area contributed by atoms with E-state index in [0.717, 1.165) is 59.6 Å². The standard InChI is InChI=1S/C33H44N2O2S/c1-6-10-13-24(8-3)21-35-31(27-15-12-20-38-27)29-28(33(35)36)30(26-18-16-23(5)17-19-26)34-32(29)37-22-25(9-4)14-11-7-2/h12,15-20,24-25H,6-11,13-14,21-22H2,1-5H3. The zero-order chi connectivity index (χ0) is 27.1. The number of fused-ring (bicyclic) bond motifs is 1. The topological polar surface area (TPSA) is 41.9 Å². The SMILES string of the molecule is CCCCC(CC)COC1=NC(c2ccc(C)cc2)=C2C(=O)N(CC(CC)CCCC)C(c3cccs3)=C12. The minimum Gasteiger partial charge on any atom is -0.477 e. The van der Waals surface area contributed by atoms with Gasteiger partial charge in [0.15, 0.2) is 0 Å². The molecule has 2 unspecified atom stereocenters. The Kier molecular flexibility index (Phi) is 10.0. The molecule has 4 rings (SSSR count). The summed E-state index contributed by atoms with van der Waals surface area (Å²) in [5, 5.41) is 2.09. The molecular formula is C33H44N2O2S. The Morgan fingerprint density at radius 3 is 2.21 bits per heavy atom. The fourth-order valence-electron chi connectivity index (χ4n) is 5.38. The molecule has 0 spiro atoms. The predicted molar refractivity (Wildman–Crippen MR) is 161 cm³/mol. The number of amides is 1. The molecule has 0 bridgehead atoms. The van der Waals surface area contributed by atoms with Gasteiger partial charge in [-0.05, 0) is 43.0 Å². The van der Waals surface area contributed by atoms with Crippen molar-refractivity contribution in [2.75, 3.05) is 13.2 Å². The van der Waals surface area contributed by atoms with Crippen molar-refractivity contribution < 1.29 is 9.53 Å². The van der Waals surface area contributed by atoms with Crippen molar-refractivity contribution in [2.24, 2.45) is 16.8 Å². The molecule has 38 heavy (non-hydrogen) atoms. The molecule has 2 aliphatic rings. The third-order valence-corrected chi connectivity index (χ3v) is 8.82. The van der Waals surface area contributed by atoms with Crippen LogP contribution in [0.2, 0.25) is 0 Å². The molecule has 1 amide bonds. The predicted octanol–water partition coefficient (Wildman–Crippen LogP) is 8.88. The number of benzene rings is 1. The maximum Gasteiger partial charge on any atom is 0.261 e. The molecule has 2 aromatic rings. The van der Waals surface area contributed by atoms with Crippen LogP contribution in [0.4, 0.5) is 0 Å². The minimum atomic E-state index is 0.0642. The van der Waals surface area contributed by atoms with Gasteiger partial charge in [-0.15, -0.1) is 11.3 Å². The molecule has 3 heterocycles. The van der Waals surface area contributed by atoms with Crippen molar-refractivity contribution in [3.8, 4) is 0 Å². The van der Waals surface area contributed by atoms with Gasteiger partial charge in [0.1, 0.15) is 0 Å². The Bertz CT molecular complexity index is 1170. The van der Waals surface area contributed by atoms with Gasteiger partial charge in [-0.25, -0.2) is 4.99 Å². The van der Waals surface area contributed by atoms with Crippen LogP contribution in [0.25, 0.3) is 11.4 Å². The van der Waals surface area contributed by atoms with E-state index in [1.165, 1.54) is 31.2 Å². The number of aryl methyl sites for hydroxylation is 1. The summed E-state index contributed by atoms with van der Waals surface area (Å²) in [7, 11) is 0. The number of aliphatic imine (C=N–C) groups is 1. The second kappa shape index (κ2) is 13.4. The lowest BCUT2D eigenvalue weighted by atomic mass is 9.98. The average Bonchev–Trinajstić information content (AvgIpc) is 3.65. The number of carbonyl (C=O) groups is 1. The summed E-state index contributed by atoms with van der Waals surface area (Å²) in [5.74, 6) is 1.64. The first-order valence-electron chi connectivity index (χ1n) is 14.7. The molecule has 1 aromatic heterocycles. The van der Waals surface area contributed by atoms with Crippen molar-refractivity contribution in [2.45, 2.75) is 86.0 Å². The van der Waals surface area contributed by atoms with Crippen molar-refractivity contribution in [1.29, 1.82) is 0 Å². The number of hydrogen-bond acceptors (Lipinski definition) is 4. The largest absolute Gasteiger partial charge is 0.477 e. The van der Waals surface area contributed by atoms with E-state index in [1.54, 1.807) is 11.3 Å². The van der Waals surface area contributed by atoms with Crippen LogP contribution in [0.15, 0.2) is 57.9 Å². The van der Waals surface area contributed by atoms with E-state index < -0.39 is 0 Å². The molecule has 204 valence electrons. The Morgan fingerprint density at radius 2 is 1.61 bits per heavy atom. The van der Waals surface area contributed by atoms with Crippen LogP contribution in [-0.4, -0.2) is 29.9 Å². The molecule has 0 saturated heterocycles. The van der Waals surface area contributed by atoms with E-state index in [2.05, 4.69) is 76.4 Å². The van der Waals surface area contributed by atoms with Gasteiger partial charge in [0.25, 0.3) is 5.91 Å². The summed E-state index contributed by atoms with van der Waals surface area (Å²) < 4.78 is 6.54. The van der Waals surface area contributed by atoms with Gasteiger partial charge in [-0.3, -0.25) is 4.79 Å². The molecule has 1 aromatic carbocycles. The summed E-state index contributed by atoms with van der Waals surface area (Å²) >= 11 is 1.68. The van der Waals surface area contributed by atoms with Crippen LogP contribution in [0, 0.1) is 18.8 Å². The second-order valence-corrected chi connectivity index (χ2v) is 11.7. The highest BCUT2D eigenvalue weighted by molar-refractivity contribution is 7.11. The van der Waals surface area contributed by atoms with Gasteiger partial charge in [0.05, 0.1) is 34.0 Å². The van der Waals surface area contributed by atoms with Gasteiger partial charge in [0, 0.05) is 12.1 Å². The van der Waals surface area contributed by atoms with Gasteiger partial charge >= 0.3 is 0 Å². The minimum absolute atomic E-state index is 0.0642. The number of nitrogens with zero attached hydrogens (tertiary/aromatic N) is 2. The first kappa shape index (κ1) is 28.4. The molecule has 0 aliphatic carbocycles. The Labute approximate surface area is 233 Å². The van der Waals surface area contributed by atoms with Crippen molar-refractivity contribution in [3.05, 3.63) is 68.9 Å². The van der Waals surface area contributed by atoms with Crippen LogP contribution >= 0.6 is 11.3 Å². The summed E-state index contributed by atoms with van der Waals surface area (Å²) in [4.78, 5) is 22.4. The highest BCUT2D eigenvalue weighted by Gasteiger charge is 2.45. The van der Waals surface area contributed by atoms with E-state index >= 15 is 0 Å². The highest BCUT2D eigenvalue weighted by Crippen LogP contribution is 2.46. The van der Waals surface area contributed by atoms with Gasteiger partial charge in [-0.2, -0.15) is 0 Å². The molecule has 0 radical (unpaired) electrons. The lowest BCUT2D eigenvalue weighted by Gasteiger charge is -2.26. The zero-order valence-corrected chi connectivity index (χ0v) is 24.7. The first-order valence-corrected chi connectivity index (χ1v) is 15.5. The van der Waals surface area contributed by atoms with E-state index in [1.807, 2.05) is 4.90 Å². The Hall–Kier alpha value is -2.66. The number of unbranched alkanes of at least 4 members (excludes halogenated alkanes) is 2. The van der Waals surface area contributed by atoms with E-state index in [9.17, 15) is 4.79 Å². The Balaban J connectivity index is 1.79. The van der Waals surface area contributed by atoms with Crippen LogP contribution in [0.3, 0.4) is 0 Å². The molecule has 2 atom stereocenters. The third kappa shape index (κ3) is 6.14. The van der Waals surface area contributed by atoms with Crippen LogP contribution in [-0.2, 0) is 9.53 Å². The molecule has 4 nitrogen and oxygen atoms in total. The fraction of sp³-hybridized carbons (Fsp3) is 0.515. The number of rotatable bonds is 14.